The highest BCUT2D eigenvalue weighted by molar-refractivity contribution is 5.78. The molecule has 0 bridgehead atoms. The number of hydrogen-bond donors (Lipinski definition) is 2. The molecule has 2 saturated heterocycles. The molecule has 0 saturated carbocycles. The summed E-state index contributed by atoms with van der Waals surface area (Å²) in [6.07, 6.45) is 9.60. The second kappa shape index (κ2) is 10.5. The molecule has 0 unspecified atom stereocenters. The number of carbonyl (C=O) groups excluding carboxylic acids is 1. The number of anilines is 2. The van der Waals surface area contributed by atoms with E-state index in [1.807, 2.05) is 24.4 Å². The van der Waals surface area contributed by atoms with Gasteiger partial charge in [0.15, 0.2) is 0 Å². The van der Waals surface area contributed by atoms with Crippen LogP contribution in [0.5, 0.6) is 0 Å². The minimum absolute atomic E-state index is 0.0728. The second-order valence-corrected chi connectivity index (χ2v) is 8.40. The van der Waals surface area contributed by atoms with Crippen molar-refractivity contribution in [1.82, 2.24) is 25.2 Å². The van der Waals surface area contributed by atoms with Gasteiger partial charge in [0.1, 0.15) is 5.82 Å². The van der Waals surface area contributed by atoms with Crippen molar-refractivity contribution in [3.05, 3.63) is 42.4 Å². The van der Waals surface area contributed by atoms with Crippen LogP contribution in [0.3, 0.4) is 0 Å². The number of aromatic nitrogens is 3. The molecule has 2 aromatic heterocycles. The molecule has 166 valence electrons. The maximum atomic E-state index is 12.7. The van der Waals surface area contributed by atoms with Crippen LogP contribution < -0.4 is 15.5 Å². The number of amides is 1. The summed E-state index contributed by atoms with van der Waals surface area (Å²) in [5, 5.41) is 6.36. The Balaban J connectivity index is 1.26. The predicted octanol–water partition coefficient (Wildman–Crippen LogP) is 2.30. The third kappa shape index (κ3) is 5.70. The van der Waals surface area contributed by atoms with Crippen LogP contribution in [0.4, 0.5) is 11.8 Å². The van der Waals surface area contributed by atoms with Gasteiger partial charge in [-0.15, -0.1) is 0 Å². The lowest BCUT2D eigenvalue weighted by molar-refractivity contribution is -0.127. The first-order valence-corrected chi connectivity index (χ1v) is 11.5. The minimum Gasteiger partial charge on any atom is -0.370 e. The van der Waals surface area contributed by atoms with E-state index in [0.29, 0.717) is 12.6 Å². The zero-order valence-electron chi connectivity index (χ0n) is 18.3. The second-order valence-electron chi connectivity index (χ2n) is 8.40. The van der Waals surface area contributed by atoms with Crippen LogP contribution in [0.25, 0.3) is 0 Å². The van der Waals surface area contributed by atoms with Crippen molar-refractivity contribution in [2.45, 2.75) is 45.2 Å². The Bertz CT molecular complexity index is 839. The molecule has 2 fully saturated rings. The molecule has 2 aliphatic rings. The molecule has 0 radical (unpaired) electrons. The van der Waals surface area contributed by atoms with Gasteiger partial charge < -0.3 is 15.5 Å². The molecule has 0 aliphatic carbocycles. The fourth-order valence-electron chi connectivity index (χ4n) is 4.60. The molecule has 8 heteroatoms. The summed E-state index contributed by atoms with van der Waals surface area (Å²) in [5.74, 6) is 1.93. The monoisotopic (exact) mass is 423 g/mol. The standard InChI is InChI=1S/C23H33N7O/c1-2-25-21-7-11-26-23(28-21)29-13-8-20(9-14-29)30-12-4-6-19(17-30)22(31)27-16-18-5-3-10-24-15-18/h3,5,7,10-11,15,19-20H,2,4,6,8-9,12-14,16-17H2,1H3,(H,27,31)(H,25,26,28)/t19-/m0/s1. The van der Waals surface area contributed by atoms with E-state index in [1.165, 1.54) is 0 Å². The van der Waals surface area contributed by atoms with E-state index in [9.17, 15) is 4.79 Å². The lowest BCUT2D eigenvalue weighted by atomic mass is 9.93. The summed E-state index contributed by atoms with van der Waals surface area (Å²) in [6.45, 7) is 7.32. The van der Waals surface area contributed by atoms with Crippen molar-refractivity contribution >= 4 is 17.7 Å². The molecule has 8 nitrogen and oxygen atoms in total. The average Bonchev–Trinajstić information content (AvgIpc) is 2.84. The lowest BCUT2D eigenvalue weighted by Gasteiger charge is -2.42. The predicted molar refractivity (Wildman–Crippen MR) is 122 cm³/mol. The summed E-state index contributed by atoms with van der Waals surface area (Å²) in [4.78, 5) is 30.8. The molecule has 1 atom stereocenters. The van der Waals surface area contributed by atoms with Crippen LogP contribution >= 0.6 is 0 Å². The largest absolute Gasteiger partial charge is 0.370 e. The average molecular weight is 424 g/mol. The fourth-order valence-corrected chi connectivity index (χ4v) is 4.60. The Labute approximate surface area is 184 Å². The highest BCUT2D eigenvalue weighted by Gasteiger charge is 2.32. The van der Waals surface area contributed by atoms with Gasteiger partial charge in [-0.05, 0) is 56.8 Å². The number of nitrogens with one attached hydrogen (secondary N) is 2. The number of nitrogens with zero attached hydrogens (tertiary/aromatic N) is 5. The van der Waals surface area contributed by atoms with Gasteiger partial charge in [0.05, 0.1) is 5.92 Å². The zero-order chi connectivity index (χ0) is 21.5. The molecule has 4 heterocycles. The van der Waals surface area contributed by atoms with E-state index in [-0.39, 0.29) is 11.8 Å². The van der Waals surface area contributed by atoms with Gasteiger partial charge in [-0.1, -0.05) is 6.07 Å². The van der Waals surface area contributed by atoms with E-state index >= 15 is 0 Å². The van der Waals surface area contributed by atoms with Crippen molar-refractivity contribution in [2.75, 3.05) is 42.9 Å². The Morgan fingerprint density at radius 2 is 2.03 bits per heavy atom. The first-order chi connectivity index (χ1) is 15.2. The topological polar surface area (TPSA) is 86.3 Å². The lowest BCUT2D eigenvalue weighted by Crippen LogP contribution is -2.51. The SMILES string of the molecule is CCNc1ccnc(N2CCC(N3CCC[C@H](C(=O)NCc4cccnc4)C3)CC2)n1. The minimum atomic E-state index is 0.0728. The summed E-state index contributed by atoms with van der Waals surface area (Å²) < 4.78 is 0. The third-order valence-corrected chi connectivity index (χ3v) is 6.28. The van der Waals surface area contributed by atoms with Gasteiger partial charge >= 0.3 is 0 Å². The molecule has 2 aliphatic heterocycles. The summed E-state index contributed by atoms with van der Waals surface area (Å²) in [6, 6.07) is 6.33. The maximum absolute atomic E-state index is 12.7. The van der Waals surface area contributed by atoms with E-state index in [2.05, 4.69) is 42.3 Å². The van der Waals surface area contributed by atoms with Crippen LogP contribution in [-0.4, -0.2) is 64.5 Å². The molecule has 4 rings (SSSR count). The van der Waals surface area contributed by atoms with Crippen LogP contribution in [0.2, 0.25) is 0 Å². The Kier molecular flexibility index (Phi) is 7.30. The number of hydrogen-bond acceptors (Lipinski definition) is 7. The van der Waals surface area contributed by atoms with Crippen molar-refractivity contribution in [2.24, 2.45) is 5.92 Å². The van der Waals surface area contributed by atoms with Gasteiger partial charge in [-0.25, -0.2) is 4.98 Å². The summed E-state index contributed by atoms with van der Waals surface area (Å²) in [5.41, 5.74) is 1.04. The number of likely N-dealkylation sites (tertiary alicyclic amines) is 1. The van der Waals surface area contributed by atoms with Crippen LogP contribution in [0.15, 0.2) is 36.8 Å². The van der Waals surface area contributed by atoms with Crippen LogP contribution in [0.1, 0.15) is 38.2 Å². The quantitative estimate of drug-likeness (QED) is 0.707. The van der Waals surface area contributed by atoms with Crippen LogP contribution in [0, 0.1) is 5.92 Å². The molecular weight excluding hydrogens is 390 g/mol. The molecule has 0 aromatic carbocycles. The number of rotatable bonds is 7. The molecular formula is C23H33N7O. The smallest absolute Gasteiger partial charge is 0.227 e. The van der Waals surface area contributed by atoms with Gasteiger partial charge in [0.2, 0.25) is 11.9 Å². The summed E-state index contributed by atoms with van der Waals surface area (Å²) in [7, 11) is 0. The van der Waals surface area contributed by atoms with Crippen molar-refractivity contribution in [3.63, 3.8) is 0 Å². The van der Waals surface area contributed by atoms with Crippen molar-refractivity contribution in [1.29, 1.82) is 0 Å². The molecule has 2 N–H and O–H groups in total. The van der Waals surface area contributed by atoms with E-state index in [0.717, 1.165) is 75.7 Å². The molecule has 1 amide bonds. The van der Waals surface area contributed by atoms with E-state index in [4.69, 9.17) is 0 Å². The maximum Gasteiger partial charge on any atom is 0.227 e. The Morgan fingerprint density at radius 3 is 2.81 bits per heavy atom. The highest BCUT2D eigenvalue weighted by atomic mass is 16.1. The zero-order valence-corrected chi connectivity index (χ0v) is 18.3. The van der Waals surface area contributed by atoms with Gasteiger partial charge in [-0.3, -0.25) is 14.7 Å². The molecule has 0 spiro atoms. The van der Waals surface area contributed by atoms with Crippen molar-refractivity contribution in [3.8, 4) is 0 Å². The highest BCUT2D eigenvalue weighted by Crippen LogP contribution is 2.25. The number of piperidine rings is 2. The van der Waals surface area contributed by atoms with Crippen molar-refractivity contribution < 1.29 is 4.79 Å². The summed E-state index contributed by atoms with van der Waals surface area (Å²) >= 11 is 0. The van der Waals surface area contributed by atoms with Gasteiger partial charge in [-0.2, -0.15) is 4.98 Å². The normalized spacial score (nSPS) is 20.4. The van der Waals surface area contributed by atoms with E-state index < -0.39 is 0 Å². The first-order valence-electron chi connectivity index (χ1n) is 11.5. The number of pyridine rings is 1. The first kappa shape index (κ1) is 21.5. The Morgan fingerprint density at radius 1 is 1.16 bits per heavy atom. The fraction of sp³-hybridized carbons (Fsp3) is 0.565. The van der Waals surface area contributed by atoms with Crippen LogP contribution in [-0.2, 0) is 11.3 Å². The van der Waals surface area contributed by atoms with Gasteiger partial charge in [0, 0.05) is 57.4 Å². The number of carbonyl (C=O) groups is 1. The Hall–Kier alpha value is -2.74. The molecule has 31 heavy (non-hydrogen) atoms. The molecule has 2 aromatic rings. The van der Waals surface area contributed by atoms with Gasteiger partial charge in [0.25, 0.3) is 0 Å². The third-order valence-electron chi connectivity index (χ3n) is 6.28. The van der Waals surface area contributed by atoms with E-state index in [1.54, 1.807) is 12.4 Å².